The number of phenols is 1. The minimum absolute atomic E-state index is 0.308. The Morgan fingerprint density at radius 2 is 2.05 bits per heavy atom. The summed E-state index contributed by atoms with van der Waals surface area (Å²) >= 11 is 0. The average Bonchev–Trinajstić information content (AvgIpc) is 2.71. The highest BCUT2D eigenvalue weighted by atomic mass is 16.5. The van der Waals surface area contributed by atoms with Gasteiger partial charge in [-0.1, -0.05) is 12.1 Å². The molecule has 2 unspecified atom stereocenters. The minimum atomic E-state index is 0.308. The van der Waals surface area contributed by atoms with Gasteiger partial charge in [0.1, 0.15) is 0 Å². The van der Waals surface area contributed by atoms with Crippen LogP contribution in [0.5, 0.6) is 11.5 Å². The Morgan fingerprint density at radius 3 is 2.86 bits per heavy atom. The van der Waals surface area contributed by atoms with E-state index in [9.17, 15) is 5.11 Å². The van der Waals surface area contributed by atoms with Gasteiger partial charge in [0.15, 0.2) is 11.5 Å². The maximum absolute atomic E-state index is 10.3. The van der Waals surface area contributed by atoms with Crippen LogP contribution in [0.3, 0.4) is 0 Å². The summed E-state index contributed by atoms with van der Waals surface area (Å²) in [6.07, 6.45) is 3.89. The van der Waals surface area contributed by atoms with Gasteiger partial charge in [-0.2, -0.15) is 0 Å². The van der Waals surface area contributed by atoms with Crippen molar-refractivity contribution in [3.05, 3.63) is 23.8 Å². The number of rotatable bonds is 4. The third-order valence-electron chi connectivity index (χ3n) is 5.01. The number of aromatic hydroxyl groups is 1. The molecule has 2 aliphatic rings. The molecule has 0 spiro atoms. The van der Waals surface area contributed by atoms with E-state index in [1.54, 1.807) is 0 Å². The van der Waals surface area contributed by atoms with Crippen LogP contribution in [0.1, 0.15) is 31.7 Å². The lowest BCUT2D eigenvalue weighted by Gasteiger charge is -2.26. The maximum atomic E-state index is 10.3. The SMILES string of the molecule is CCOc1cccc(CN2CCC3CCC(C2)N3C)c1O. The lowest BCUT2D eigenvalue weighted by Crippen LogP contribution is -2.36. The van der Waals surface area contributed by atoms with E-state index in [4.69, 9.17) is 4.74 Å². The van der Waals surface area contributed by atoms with Crippen LogP contribution in [-0.4, -0.2) is 53.7 Å². The van der Waals surface area contributed by atoms with Gasteiger partial charge in [0.25, 0.3) is 0 Å². The van der Waals surface area contributed by atoms with Crippen molar-refractivity contribution in [1.29, 1.82) is 0 Å². The number of benzene rings is 1. The Morgan fingerprint density at radius 1 is 1.24 bits per heavy atom. The molecule has 2 fully saturated rings. The monoisotopic (exact) mass is 290 g/mol. The van der Waals surface area contributed by atoms with E-state index in [2.05, 4.69) is 16.8 Å². The van der Waals surface area contributed by atoms with Gasteiger partial charge in [-0.15, -0.1) is 0 Å². The molecular weight excluding hydrogens is 264 g/mol. The molecule has 4 nitrogen and oxygen atoms in total. The number of fused-ring (bicyclic) bond motifs is 2. The van der Waals surface area contributed by atoms with Gasteiger partial charge < -0.3 is 9.84 Å². The lowest BCUT2D eigenvalue weighted by molar-refractivity contribution is 0.212. The lowest BCUT2D eigenvalue weighted by atomic mass is 10.1. The van der Waals surface area contributed by atoms with Crippen molar-refractivity contribution in [2.24, 2.45) is 0 Å². The zero-order valence-electron chi connectivity index (χ0n) is 13.1. The van der Waals surface area contributed by atoms with Gasteiger partial charge in [-0.05, 0) is 39.3 Å². The molecule has 0 aromatic heterocycles. The summed E-state index contributed by atoms with van der Waals surface area (Å²) < 4.78 is 5.48. The summed E-state index contributed by atoms with van der Waals surface area (Å²) in [5, 5.41) is 10.3. The Balaban J connectivity index is 1.70. The number of likely N-dealkylation sites (tertiary alicyclic amines) is 1. The highest BCUT2D eigenvalue weighted by molar-refractivity contribution is 5.45. The Bertz CT molecular complexity index is 492. The average molecular weight is 290 g/mol. The van der Waals surface area contributed by atoms with Gasteiger partial charge >= 0.3 is 0 Å². The Labute approximate surface area is 127 Å². The highest BCUT2D eigenvalue weighted by Gasteiger charge is 2.34. The minimum Gasteiger partial charge on any atom is -0.504 e. The second-order valence-electron chi connectivity index (χ2n) is 6.27. The van der Waals surface area contributed by atoms with E-state index < -0.39 is 0 Å². The highest BCUT2D eigenvalue weighted by Crippen LogP contribution is 2.33. The number of para-hydroxylation sites is 1. The number of nitrogens with zero attached hydrogens (tertiary/aromatic N) is 2. The molecule has 3 rings (SSSR count). The summed E-state index contributed by atoms with van der Waals surface area (Å²) in [7, 11) is 2.26. The molecule has 1 aromatic rings. The zero-order valence-corrected chi connectivity index (χ0v) is 13.1. The smallest absolute Gasteiger partial charge is 0.162 e. The van der Waals surface area contributed by atoms with E-state index in [0.29, 0.717) is 24.1 Å². The second-order valence-corrected chi connectivity index (χ2v) is 6.27. The van der Waals surface area contributed by atoms with Crippen molar-refractivity contribution < 1.29 is 9.84 Å². The quantitative estimate of drug-likeness (QED) is 0.924. The van der Waals surface area contributed by atoms with Crippen LogP contribution in [0.25, 0.3) is 0 Å². The second kappa shape index (κ2) is 6.24. The zero-order chi connectivity index (χ0) is 14.8. The largest absolute Gasteiger partial charge is 0.504 e. The molecule has 2 saturated heterocycles. The normalized spacial score (nSPS) is 26.8. The third-order valence-corrected chi connectivity index (χ3v) is 5.01. The van der Waals surface area contributed by atoms with Crippen LogP contribution in [-0.2, 0) is 6.54 Å². The molecule has 2 heterocycles. The van der Waals surface area contributed by atoms with E-state index in [0.717, 1.165) is 31.2 Å². The predicted molar refractivity (Wildman–Crippen MR) is 83.7 cm³/mol. The molecule has 2 aliphatic heterocycles. The molecule has 1 aromatic carbocycles. The van der Waals surface area contributed by atoms with Crippen molar-refractivity contribution >= 4 is 0 Å². The molecule has 0 amide bonds. The topological polar surface area (TPSA) is 35.9 Å². The fourth-order valence-electron chi connectivity index (χ4n) is 3.73. The molecular formula is C17H26N2O2. The van der Waals surface area contributed by atoms with Crippen LogP contribution in [0.2, 0.25) is 0 Å². The van der Waals surface area contributed by atoms with Gasteiger partial charge in [0.2, 0.25) is 0 Å². The van der Waals surface area contributed by atoms with Crippen molar-refractivity contribution in [2.45, 2.75) is 44.8 Å². The van der Waals surface area contributed by atoms with Crippen molar-refractivity contribution in [3.8, 4) is 11.5 Å². The molecule has 2 bridgehead atoms. The predicted octanol–water partition coefficient (Wildman–Crippen LogP) is 2.46. The number of likely N-dealkylation sites (N-methyl/N-ethyl adjacent to an activating group) is 1. The first-order valence-corrected chi connectivity index (χ1v) is 8.07. The van der Waals surface area contributed by atoms with Gasteiger partial charge in [0, 0.05) is 37.3 Å². The standard InChI is InChI=1S/C17H26N2O2/c1-3-21-16-6-4-5-13(17(16)20)11-19-10-9-14-7-8-15(12-19)18(14)2/h4-6,14-15,20H,3,7-12H2,1-2H3. The molecule has 0 aliphatic carbocycles. The Kier molecular flexibility index (Phi) is 4.36. The summed E-state index contributed by atoms with van der Waals surface area (Å²) in [5.74, 6) is 0.908. The fourth-order valence-corrected chi connectivity index (χ4v) is 3.73. The van der Waals surface area contributed by atoms with Crippen molar-refractivity contribution in [1.82, 2.24) is 9.80 Å². The van der Waals surface area contributed by atoms with Crippen LogP contribution in [0.15, 0.2) is 18.2 Å². The van der Waals surface area contributed by atoms with Gasteiger partial charge in [0.05, 0.1) is 6.61 Å². The molecule has 4 heteroatoms. The molecule has 0 radical (unpaired) electrons. The number of phenolic OH excluding ortho intramolecular Hbond substituents is 1. The molecule has 1 N–H and O–H groups in total. The number of ether oxygens (including phenoxy) is 1. The van der Waals surface area contributed by atoms with Crippen LogP contribution in [0, 0.1) is 0 Å². The van der Waals surface area contributed by atoms with Gasteiger partial charge in [-0.25, -0.2) is 0 Å². The summed E-state index contributed by atoms with van der Waals surface area (Å²) in [6.45, 7) is 5.54. The van der Waals surface area contributed by atoms with Gasteiger partial charge in [-0.3, -0.25) is 9.80 Å². The van der Waals surface area contributed by atoms with E-state index in [-0.39, 0.29) is 0 Å². The third kappa shape index (κ3) is 3.01. The van der Waals surface area contributed by atoms with E-state index in [1.165, 1.54) is 19.3 Å². The van der Waals surface area contributed by atoms with E-state index in [1.807, 2.05) is 25.1 Å². The molecule has 2 atom stereocenters. The van der Waals surface area contributed by atoms with Crippen molar-refractivity contribution in [2.75, 3.05) is 26.7 Å². The number of hydrogen-bond donors (Lipinski definition) is 1. The molecule has 116 valence electrons. The Hall–Kier alpha value is -1.26. The molecule has 0 saturated carbocycles. The first-order chi connectivity index (χ1) is 10.2. The maximum Gasteiger partial charge on any atom is 0.162 e. The number of hydrogen-bond acceptors (Lipinski definition) is 4. The first kappa shape index (κ1) is 14.7. The fraction of sp³-hybridized carbons (Fsp3) is 0.647. The summed E-state index contributed by atoms with van der Waals surface area (Å²) in [6, 6.07) is 7.24. The summed E-state index contributed by atoms with van der Waals surface area (Å²) in [4.78, 5) is 5.03. The van der Waals surface area contributed by atoms with Crippen LogP contribution in [0.4, 0.5) is 0 Å². The first-order valence-electron chi connectivity index (χ1n) is 8.07. The van der Waals surface area contributed by atoms with Crippen LogP contribution < -0.4 is 4.74 Å². The van der Waals surface area contributed by atoms with Crippen molar-refractivity contribution in [3.63, 3.8) is 0 Å². The molecule has 21 heavy (non-hydrogen) atoms. The van der Waals surface area contributed by atoms with E-state index >= 15 is 0 Å². The van der Waals surface area contributed by atoms with Crippen LogP contribution >= 0.6 is 0 Å². The summed E-state index contributed by atoms with van der Waals surface area (Å²) in [5.41, 5.74) is 0.973.